The largest absolute Gasteiger partial charge is 4.00 e. The van der Waals surface area contributed by atoms with Crippen molar-refractivity contribution in [2.75, 3.05) is 6.54 Å². The van der Waals surface area contributed by atoms with E-state index in [1.807, 2.05) is 0 Å². The number of carbonyl (C=O) groups is 4. The predicted octanol–water partition coefficient (Wildman–Crippen LogP) is -7.56. The van der Waals surface area contributed by atoms with Crippen LogP contribution in [-0.4, -0.2) is 41.1 Å². The van der Waals surface area contributed by atoms with E-state index in [9.17, 15) is 29.7 Å². The molecule has 0 rings (SSSR count). The standard InChI is InChI=1S/C6H8O7.C2H5NO2.Cu/c7-3(8)1-6(13,5(11)12)2-4(9)10;3-1-2(4)5;/h13H,1-2H2,(H,7,8)(H,9,10)(H,11,12);1,3H2,(H,4,5);/q;;+4/p-4. The maximum Gasteiger partial charge on any atom is 4.00 e. The Kier molecular flexibility index (Phi) is 12.1. The fourth-order valence-corrected chi connectivity index (χ4v) is 0.684. The molecule has 0 aliphatic heterocycles. The molecule has 0 aliphatic rings. The monoisotopic (exact) mass is 326 g/mol. The summed E-state index contributed by atoms with van der Waals surface area (Å²) in [5, 5.41) is 48.1. The van der Waals surface area contributed by atoms with Gasteiger partial charge in [0.1, 0.15) is 5.60 Å². The van der Waals surface area contributed by atoms with Crippen LogP contribution in [0.3, 0.4) is 0 Å². The van der Waals surface area contributed by atoms with Gasteiger partial charge in [-0.25, -0.2) is 0 Å². The van der Waals surface area contributed by atoms with Gasteiger partial charge in [-0.05, 0) is 0 Å². The van der Waals surface area contributed by atoms with E-state index in [4.69, 9.17) is 15.0 Å². The van der Waals surface area contributed by atoms with Gasteiger partial charge in [-0.2, -0.15) is 0 Å². The Balaban J connectivity index is -0.000000366. The molecule has 19 heavy (non-hydrogen) atoms. The quantitative estimate of drug-likeness (QED) is 0.440. The Morgan fingerprint density at radius 3 is 1.26 bits per heavy atom. The van der Waals surface area contributed by atoms with Crippen LogP contribution in [0.4, 0.5) is 0 Å². The molecule has 0 fully saturated rings. The van der Waals surface area contributed by atoms with Crippen molar-refractivity contribution in [2.24, 2.45) is 5.73 Å². The Hall–Kier alpha value is -1.68. The zero-order valence-electron chi connectivity index (χ0n) is 9.21. The van der Waals surface area contributed by atoms with Gasteiger partial charge in [-0.3, -0.25) is 0 Å². The summed E-state index contributed by atoms with van der Waals surface area (Å²) in [5.41, 5.74) is 1.53. The average Bonchev–Trinajstić information content (AvgIpc) is 2.15. The summed E-state index contributed by atoms with van der Waals surface area (Å²) in [6.45, 7) is -0.389. The minimum absolute atomic E-state index is 0. The molecule has 0 aromatic rings. The van der Waals surface area contributed by atoms with Gasteiger partial charge in [0, 0.05) is 31.3 Å². The van der Waals surface area contributed by atoms with Crippen molar-refractivity contribution >= 4 is 23.9 Å². The molecule has 11 heteroatoms. The second-order valence-electron chi connectivity index (χ2n) is 2.99. The van der Waals surface area contributed by atoms with Gasteiger partial charge in [-0.1, -0.05) is 0 Å². The maximum atomic E-state index is 10.1. The van der Waals surface area contributed by atoms with E-state index < -0.39 is 42.3 Å². The molecule has 0 aromatic heterocycles. The molecule has 0 spiro atoms. The van der Waals surface area contributed by atoms with E-state index in [1.165, 1.54) is 0 Å². The van der Waals surface area contributed by atoms with Gasteiger partial charge in [0.15, 0.2) is 0 Å². The van der Waals surface area contributed by atoms with Crippen LogP contribution in [0.25, 0.3) is 0 Å². The van der Waals surface area contributed by atoms with E-state index in [-0.39, 0.29) is 23.6 Å². The molecule has 0 amide bonds. The molecular formula is C8H9CuNO9. The minimum Gasteiger partial charge on any atom is -0.550 e. The molecule has 0 aromatic carbocycles. The van der Waals surface area contributed by atoms with E-state index in [0.29, 0.717) is 0 Å². The van der Waals surface area contributed by atoms with E-state index in [2.05, 4.69) is 5.73 Å². The van der Waals surface area contributed by atoms with Crippen molar-refractivity contribution in [3.63, 3.8) is 0 Å². The van der Waals surface area contributed by atoms with Gasteiger partial charge in [-0.15, -0.1) is 0 Å². The van der Waals surface area contributed by atoms with Crippen LogP contribution in [0.2, 0.25) is 0 Å². The summed E-state index contributed by atoms with van der Waals surface area (Å²) >= 11 is 0. The first-order chi connectivity index (χ1) is 8.05. The van der Waals surface area contributed by atoms with Gasteiger partial charge < -0.3 is 50.4 Å². The van der Waals surface area contributed by atoms with Crippen molar-refractivity contribution in [1.82, 2.24) is 0 Å². The van der Waals surface area contributed by atoms with Crippen molar-refractivity contribution < 1.29 is 61.8 Å². The summed E-state index contributed by atoms with van der Waals surface area (Å²) in [4.78, 5) is 39.1. The number of hydrogen-bond donors (Lipinski definition) is 2. The summed E-state index contributed by atoms with van der Waals surface area (Å²) in [7, 11) is 0. The molecule has 0 saturated heterocycles. The second kappa shape index (κ2) is 10.3. The Morgan fingerprint density at radius 1 is 0.895 bits per heavy atom. The van der Waals surface area contributed by atoms with Crippen LogP contribution in [0.15, 0.2) is 0 Å². The third-order valence-corrected chi connectivity index (χ3v) is 1.42. The molecule has 111 valence electrons. The number of carboxylic acid groups (broad SMARTS) is 4. The second-order valence-corrected chi connectivity index (χ2v) is 2.99. The minimum atomic E-state index is -2.97. The Bertz CT molecular complexity index is 327. The van der Waals surface area contributed by atoms with Crippen LogP contribution in [0.1, 0.15) is 12.8 Å². The molecule has 0 unspecified atom stereocenters. The van der Waals surface area contributed by atoms with Crippen molar-refractivity contribution in [1.29, 1.82) is 0 Å². The van der Waals surface area contributed by atoms with Crippen molar-refractivity contribution in [3.8, 4) is 0 Å². The average molecular weight is 327 g/mol. The van der Waals surface area contributed by atoms with Gasteiger partial charge in [0.25, 0.3) is 0 Å². The summed E-state index contributed by atoms with van der Waals surface area (Å²) in [6, 6.07) is 0. The zero-order chi connectivity index (χ0) is 14.9. The number of aliphatic carboxylic acids is 4. The molecule has 0 heterocycles. The number of carboxylic acids is 4. The fraction of sp³-hybridized carbons (Fsp3) is 0.500. The molecule has 0 aliphatic carbocycles. The van der Waals surface area contributed by atoms with Crippen LogP contribution in [0.5, 0.6) is 0 Å². The fourth-order valence-electron chi connectivity index (χ4n) is 0.684. The first kappa shape index (κ1) is 22.5. The maximum absolute atomic E-state index is 10.1. The first-order valence-electron chi connectivity index (χ1n) is 4.28. The van der Waals surface area contributed by atoms with Crippen LogP contribution in [0, 0.1) is 0 Å². The molecule has 0 saturated carbocycles. The first-order valence-corrected chi connectivity index (χ1v) is 4.28. The van der Waals surface area contributed by atoms with E-state index in [1.54, 1.807) is 0 Å². The zero-order valence-corrected chi connectivity index (χ0v) is 10.2. The molecular weight excluding hydrogens is 318 g/mol. The summed E-state index contributed by atoms with van der Waals surface area (Å²) in [5.74, 6) is -7.20. The van der Waals surface area contributed by atoms with Gasteiger partial charge in [0.05, 0.1) is 11.9 Å². The van der Waals surface area contributed by atoms with Crippen LogP contribution in [-0.2, 0) is 36.2 Å². The Morgan fingerprint density at radius 2 is 1.16 bits per heavy atom. The molecule has 0 bridgehead atoms. The van der Waals surface area contributed by atoms with Crippen LogP contribution >= 0.6 is 0 Å². The summed E-state index contributed by atoms with van der Waals surface area (Å²) < 4.78 is 0. The molecule has 3 N–H and O–H groups in total. The number of carbonyl (C=O) groups excluding carboxylic acids is 4. The van der Waals surface area contributed by atoms with Crippen LogP contribution < -0.4 is 26.2 Å². The normalized spacial score (nSPS) is 9.37. The number of aliphatic hydroxyl groups is 1. The number of nitrogens with two attached hydrogens (primary N) is 1. The molecule has 0 atom stereocenters. The molecule has 1 radical (unpaired) electrons. The Labute approximate surface area is 117 Å². The third kappa shape index (κ3) is 12.6. The van der Waals surface area contributed by atoms with E-state index >= 15 is 0 Å². The van der Waals surface area contributed by atoms with Crippen molar-refractivity contribution in [2.45, 2.75) is 18.4 Å². The SMILES string of the molecule is NCC(=O)[O-].O=C([O-])CC(O)(CC(=O)[O-])C(=O)[O-].[Cu+4]. The predicted molar refractivity (Wildman–Crippen MR) is 43.3 cm³/mol. The molecule has 10 nitrogen and oxygen atoms in total. The third-order valence-electron chi connectivity index (χ3n) is 1.42. The van der Waals surface area contributed by atoms with E-state index in [0.717, 1.165) is 0 Å². The number of rotatable bonds is 6. The van der Waals surface area contributed by atoms with Crippen molar-refractivity contribution in [3.05, 3.63) is 0 Å². The van der Waals surface area contributed by atoms with Gasteiger partial charge >= 0.3 is 17.1 Å². The smallest absolute Gasteiger partial charge is 0.550 e. The summed E-state index contributed by atoms with van der Waals surface area (Å²) in [6.07, 6.45) is -2.72. The van der Waals surface area contributed by atoms with Gasteiger partial charge in [0.2, 0.25) is 0 Å². The number of hydrogen-bond acceptors (Lipinski definition) is 10. The topological polar surface area (TPSA) is 207 Å².